The molecule has 0 aliphatic carbocycles. The molecule has 8 heteroatoms. The Hall–Kier alpha value is -3.00. The van der Waals surface area contributed by atoms with Gasteiger partial charge in [0.25, 0.3) is 5.56 Å². The SMILES string of the molecule is Cc1nn(CC(=O)NCCN2CCCC[C@H]2C)c(=O)c2nn(-c3ccccc3)c(C)c12. The van der Waals surface area contributed by atoms with E-state index in [-0.39, 0.29) is 18.0 Å². The predicted molar refractivity (Wildman–Crippen MR) is 120 cm³/mol. The van der Waals surface area contributed by atoms with Crippen LogP contribution in [0.15, 0.2) is 35.1 Å². The molecule has 1 atom stereocenters. The number of rotatable bonds is 6. The molecule has 1 aliphatic rings. The Kier molecular flexibility index (Phi) is 6.18. The predicted octanol–water partition coefficient (Wildman–Crippen LogP) is 2.19. The molecular formula is C23H30N6O2. The Labute approximate surface area is 181 Å². The maximum atomic E-state index is 13.0. The molecule has 3 aromatic rings. The van der Waals surface area contributed by atoms with Crippen LogP contribution in [-0.2, 0) is 11.3 Å². The second kappa shape index (κ2) is 9.01. The Balaban J connectivity index is 1.50. The van der Waals surface area contributed by atoms with Crippen molar-refractivity contribution in [2.75, 3.05) is 19.6 Å². The van der Waals surface area contributed by atoms with Gasteiger partial charge in [-0.1, -0.05) is 24.6 Å². The first-order chi connectivity index (χ1) is 15.0. The molecule has 1 fully saturated rings. The number of fused-ring (bicyclic) bond motifs is 1. The smallest absolute Gasteiger partial charge is 0.295 e. The van der Waals surface area contributed by atoms with Crippen molar-refractivity contribution in [3.63, 3.8) is 0 Å². The number of carbonyl (C=O) groups excluding carboxylic acids is 1. The highest BCUT2D eigenvalue weighted by molar-refractivity contribution is 5.83. The molecule has 2 aromatic heterocycles. The zero-order valence-electron chi connectivity index (χ0n) is 18.5. The summed E-state index contributed by atoms with van der Waals surface area (Å²) in [6, 6.07) is 10.2. The molecule has 1 aromatic carbocycles. The second-order valence-electron chi connectivity index (χ2n) is 8.34. The number of piperidine rings is 1. The molecule has 0 spiro atoms. The minimum atomic E-state index is -0.349. The van der Waals surface area contributed by atoms with Gasteiger partial charge in [-0.25, -0.2) is 9.36 Å². The zero-order valence-corrected chi connectivity index (χ0v) is 18.5. The number of para-hydroxylation sites is 1. The van der Waals surface area contributed by atoms with Gasteiger partial charge in [0, 0.05) is 19.1 Å². The number of amides is 1. The van der Waals surface area contributed by atoms with Crippen LogP contribution >= 0.6 is 0 Å². The second-order valence-corrected chi connectivity index (χ2v) is 8.34. The number of benzene rings is 1. The van der Waals surface area contributed by atoms with Crippen molar-refractivity contribution in [2.45, 2.75) is 52.6 Å². The van der Waals surface area contributed by atoms with E-state index in [1.54, 1.807) is 4.68 Å². The fourth-order valence-electron chi connectivity index (χ4n) is 4.43. The molecule has 1 saturated heterocycles. The lowest BCUT2D eigenvalue weighted by Crippen LogP contribution is -2.43. The van der Waals surface area contributed by atoms with Gasteiger partial charge in [0.1, 0.15) is 6.54 Å². The maximum Gasteiger partial charge on any atom is 0.295 e. The van der Waals surface area contributed by atoms with Crippen LogP contribution in [0, 0.1) is 13.8 Å². The van der Waals surface area contributed by atoms with E-state index in [1.807, 2.05) is 44.2 Å². The van der Waals surface area contributed by atoms with Crippen molar-refractivity contribution in [3.8, 4) is 5.69 Å². The molecule has 1 amide bonds. The number of carbonyl (C=O) groups is 1. The first-order valence-corrected chi connectivity index (χ1v) is 11.0. The zero-order chi connectivity index (χ0) is 22.0. The van der Waals surface area contributed by atoms with Gasteiger partial charge in [-0.15, -0.1) is 0 Å². The highest BCUT2D eigenvalue weighted by Crippen LogP contribution is 2.21. The number of aromatic nitrogens is 4. The summed E-state index contributed by atoms with van der Waals surface area (Å²) in [7, 11) is 0. The summed E-state index contributed by atoms with van der Waals surface area (Å²) < 4.78 is 2.98. The molecule has 1 aliphatic heterocycles. The normalized spacial score (nSPS) is 17.2. The number of nitrogens with one attached hydrogen (secondary N) is 1. The molecule has 0 saturated carbocycles. The van der Waals surface area contributed by atoms with Gasteiger partial charge in [0.05, 0.1) is 22.5 Å². The third kappa shape index (κ3) is 4.39. The molecule has 0 radical (unpaired) electrons. The number of aryl methyl sites for hydroxylation is 2. The van der Waals surface area contributed by atoms with E-state index in [2.05, 4.69) is 27.3 Å². The van der Waals surface area contributed by atoms with Crippen LogP contribution in [0.5, 0.6) is 0 Å². The average molecular weight is 423 g/mol. The van der Waals surface area contributed by atoms with Gasteiger partial charge in [-0.3, -0.25) is 14.5 Å². The molecule has 8 nitrogen and oxygen atoms in total. The monoisotopic (exact) mass is 422 g/mol. The van der Waals surface area contributed by atoms with Gasteiger partial charge in [0.15, 0.2) is 5.52 Å². The molecule has 4 rings (SSSR count). The topological polar surface area (TPSA) is 85.1 Å². The van der Waals surface area contributed by atoms with E-state index in [0.717, 1.165) is 29.9 Å². The molecule has 0 unspecified atom stereocenters. The largest absolute Gasteiger partial charge is 0.353 e. The van der Waals surface area contributed by atoms with Crippen molar-refractivity contribution >= 4 is 16.8 Å². The van der Waals surface area contributed by atoms with Gasteiger partial charge in [0.2, 0.25) is 5.91 Å². The minimum absolute atomic E-state index is 0.109. The Morgan fingerprint density at radius 3 is 2.68 bits per heavy atom. The summed E-state index contributed by atoms with van der Waals surface area (Å²) in [6.45, 7) is 8.38. The van der Waals surface area contributed by atoms with Gasteiger partial charge < -0.3 is 5.32 Å². The Bertz CT molecular complexity index is 1130. The van der Waals surface area contributed by atoms with Crippen LogP contribution in [0.25, 0.3) is 16.6 Å². The van der Waals surface area contributed by atoms with Gasteiger partial charge in [-0.2, -0.15) is 10.2 Å². The molecule has 31 heavy (non-hydrogen) atoms. The number of hydrogen-bond acceptors (Lipinski definition) is 5. The van der Waals surface area contributed by atoms with Gasteiger partial charge >= 0.3 is 0 Å². The van der Waals surface area contributed by atoms with E-state index in [1.165, 1.54) is 23.9 Å². The summed E-state index contributed by atoms with van der Waals surface area (Å²) in [5, 5.41) is 12.6. The lowest BCUT2D eigenvalue weighted by Gasteiger charge is -2.33. The van der Waals surface area contributed by atoms with Crippen LogP contribution in [-0.4, -0.2) is 56.0 Å². The van der Waals surface area contributed by atoms with Crippen molar-refractivity contribution in [2.24, 2.45) is 0 Å². The number of likely N-dealkylation sites (tertiary alicyclic amines) is 1. The number of hydrogen-bond donors (Lipinski definition) is 1. The Morgan fingerprint density at radius 1 is 1.16 bits per heavy atom. The van der Waals surface area contributed by atoms with Crippen LogP contribution in [0.1, 0.15) is 37.6 Å². The van der Waals surface area contributed by atoms with E-state index in [4.69, 9.17) is 0 Å². The molecule has 0 bridgehead atoms. The lowest BCUT2D eigenvalue weighted by molar-refractivity contribution is -0.122. The van der Waals surface area contributed by atoms with Gasteiger partial charge in [-0.05, 0) is 52.3 Å². The fourth-order valence-corrected chi connectivity index (χ4v) is 4.43. The van der Waals surface area contributed by atoms with E-state index >= 15 is 0 Å². The summed E-state index contributed by atoms with van der Waals surface area (Å²) in [5.41, 5.74) is 2.41. The quantitative estimate of drug-likeness (QED) is 0.658. The van der Waals surface area contributed by atoms with Crippen molar-refractivity contribution < 1.29 is 4.79 Å². The average Bonchev–Trinajstić information content (AvgIpc) is 3.12. The van der Waals surface area contributed by atoms with Crippen LogP contribution < -0.4 is 10.9 Å². The standard InChI is InChI=1S/C23H30N6O2/c1-16-9-7-8-13-27(16)14-12-24-20(30)15-28-23(31)22-21(17(2)25-28)18(3)29(26-22)19-10-5-4-6-11-19/h4-6,10-11,16H,7-9,12-15H2,1-3H3,(H,24,30)/t16-/m1/s1. The van der Waals surface area contributed by atoms with Crippen molar-refractivity contribution in [1.82, 2.24) is 29.8 Å². The first kappa shape index (κ1) is 21.2. The highest BCUT2D eigenvalue weighted by atomic mass is 16.2. The highest BCUT2D eigenvalue weighted by Gasteiger charge is 2.20. The third-order valence-corrected chi connectivity index (χ3v) is 6.14. The minimum Gasteiger partial charge on any atom is -0.353 e. The van der Waals surface area contributed by atoms with Crippen molar-refractivity contribution in [1.29, 1.82) is 0 Å². The third-order valence-electron chi connectivity index (χ3n) is 6.14. The number of nitrogens with zero attached hydrogens (tertiary/aromatic N) is 5. The molecule has 3 heterocycles. The molecular weight excluding hydrogens is 392 g/mol. The fraction of sp³-hybridized carbons (Fsp3) is 0.478. The summed E-state index contributed by atoms with van der Waals surface area (Å²) >= 11 is 0. The Morgan fingerprint density at radius 2 is 1.94 bits per heavy atom. The first-order valence-electron chi connectivity index (χ1n) is 11.0. The van der Waals surface area contributed by atoms with Crippen LogP contribution in [0.3, 0.4) is 0 Å². The van der Waals surface area contributed by atoms with E-state index in [0.29, 0.717) is 23.8 Å². The summed E-state index contributed by atoms with van der Waals surface area (Å²) in [6.07, 6.45) is 3.70. The van der Waals surface area contributed by atoms with Crippen molar-refractivity contribution in [3.05, 3.63) is 52.1 Å². The van der Waals surface area contributed by atoms with E-state index in [9.17, 15) is 9.59 Å². The van der Waals surface area contributed by atoms with Crippen LogP contribution in [0.4, 0.5) is 0 Å². The lowest BCUT2D eigenvalue weighted by atomic mass is 10.0. The summed E-state index contributed by atoms with van der Waals surface area (Å²) in [4.78, 5) is 27.9. The summed E-state index contributed by atoms with van der Waals surface area (Å²) in [5.74, 6) is -0.211. The van der Waals surface area contributed by atoms with E-state index < -0.39 is 0 Å². The van der Waals surface area contributed by atoms with Crippen LogP contribution in [0.2, 0.25) is 0 Å². The maximum absolute atomic E-state index is 13.0. The molecule has 164 valence electrons. The molecule has 1 N–H and O–H groups in total.